The smallest absolute Gasteiger partial charge is 0.164 e. The number of benzene rings is 1. The predicted octanol–water partition coefficient (Wildman–Crippen LogP) is 2.36. The highest BCUT2D eigenvalue weighted by molar-refractivity contribution is 6.35. The van der Waals surface area contributed by atoms with Crippen LogP contribution >= 0.6 is 11.6 Å². The van der Waals surface area contributed by atoms with E-state index in [4.69, 9.17) is 17.3 Å². The van der Waals surface area contributed by atoms with Crippen molar-refractivity contribution in [2.24, 2.45) is 12.8 Å². The van der Waals surface area contributed by atoms with Gasteiger partial charge in [0.2, 0.25) is 0 Å². The standard InChI is InChI=1S/C12H13ClN2O/c1-15-7-10(13)9-6-8(2-3-11(9)15)12(16)4-5-14/h2-3,6-7H,4-5,14H2,1H3. The summed E-state index contributed by atoms with van der Waals surface area (Å²) in [5.74, 6) is 0.0596. The van der Waals surface area contributed by atoms with Gasteiger partial charge in [0.05, 0.1) is 5.02 Å². The van der Waals surface area contributed by atoms with E-state index in [2.05, 4.69) is 0 Å². The molecular weight excluding hydrogens is 224 g/mol. The molecule has 0 fully saturated rings. The number of aryl methyl sites for hydroxylation is 1. The second-order valence-electron chi connectivity index (χ2n) is 3.78. The Morgan fingerprint density at radius 3 is 2.94 bits per heavy atom. The van der Waals surface area contributed by atoms with E-state index in [-0.39, 0.29) is 5.78 Å². The maximum atomic E-state index is 11.7. The molecule has 2 rings (SSSR count). The van der Waals surface area contributed by atoms with Crippen LogP contribution in [0, 0.1) is 0 Å². The van der Waals surface area contributed by atoms with Crippen LogP contribution in [0.15, 0.2) is 24.4 Å². The Morgan fingerprint density at radius 2 is 2.25 bits per heavy atom. The zero-order chi connectivity index (χ0) is 11.7. The molecule has 2 N–H and O–H groups in total. The zero-order valence-corrected chi connectivity index (χ0v) is 9.79. The number of Topliss-reactive ketones (excluding diaryl/α,β-unsaturated/α-hetero) is 1. The van der Waals surface area contributed by atoms with Gasteiger partial charge in [-0.15, -0.1) is 0 Å². The number of nitrogens with two attached hydrogens (primary N) is 1. The van der Waals surface area contributed by atoms with Crippen molar-refractivity contribution < 1.29 is 4.79 Å². The van der Waals surface area contributed by atoms with Gasteiger partial charge in [-0.25, -0.2) is 0 Å². The van der Waals surface area contributed by atoms with E-state index in [1.165, 1.54) is 0 Å². The van der Waals surface area contributed by atoms with Gasteiger partial charge in [0.15, 0.2) is 5.78 Å². The molecule has 2 aromatic rings. The van der Waals surface area contributed by atoms with E-state index in [0.717, 1.165) is 10.9 Å². The van der Waals surface area contributed by atoms with Gasteiger partial charge in [-0.3, -0.25) is 4.79 Å². The van der Waals surface area contributed by atoms with Crippen molar-refractivity contribution in [3.63, 3.8) is 0 Å². The second kappa shape index (κ2) is 4.28. The van der Waals surface area contributed by atoms with Crippen molar-refractivity contribution in [1.82, 2.24) is 4.57 Å². The van der Waals surface area contributed by atoms with Gasteiger partial charge in [0.25, 0.3) is 0 Å². The van der Waals surface area contributed by atoms with Gasteiger partial charge in [-0.1, -0.05) is 11.6 Å². The van der Waals surface area contributed by atoms with Crippen molar-refractivity contribution in [1.29, 1.82) is 0 Å². The fourth-order valence-corrected chi connectivity index (χ4v) is 2.09. The third-order valence-corrected chi connectivity index (χ3v) is 2.94. The first-order valence-corrected chi connectivity index (χ1v) is 5.49. The first-order valence-electron chi connectivity index (χ1n) is 5.11. The van der Waals surface area contributed by atoms with Crippen molar-refractivity contribution in [2.45, 2.75) is 6.42 Å². The van der Waals surface area contributed by atoms with E-state index in [0.29, 0.717) is 23.6 Å². The SMILES string of the molecule is Cn1cc(Cl)c2cc(C(=O)CCN)ccc21. The number of aromatic nitrogens is 1. The summed E-state index contributed by atoms with van der Waals surface area (Å²) in [5.41, 5.74) is 7.06. The van der Waals surface area contributed by atoms with Gasteiger partial charge >= 0.3 is 0 Å². The molecule has 16 heavy (non-hydrogen) atoms. The van der Waals surface area contributed by atoms with E-state index >= 15 is 0 Å². The lowest BCUT2D eigenvalue weighted by Crippen LogP contribution is -2.07. The molecule has 4 heteroatoms. The molecule has 0 bridgehead atoms. The van der Waals surface area contributed by atoms with Crippen LogP contribution in [0.5, 0.6) is 0 Å². The molecule has 3 nitrogen and oxygen atoms in total. The monoisotopic (exact) mass is 236 g/mol. The summed E-state index contributed by atoms with van der Waals surface area (Å²) in [7, 11) is 1.93. The highest BCUT2D eigenvalue weighted by atomic mass is 35.5. The lowest BCUT2D eigenvalue weighted by Gasteiger charge is -2.01. The molecule has 0 amide bonds. The summed E-state index contributed by atoms with van der Waals surface area (Å²) in [5, 5.41) is 1.58. The Morgan fingerprint density at radius 1 is 1.50 bits per heavy atom. The van der Waals surface area contributed by atoms with Crippen molar-refractivity contribution in [2.75, 3.05) is 6.54 Å². The van der Waals surface area contributed by atoms with Gasteiger partial charge < -0.3 is 10.3 Å². The first-order chi connectivity index (χ1) is 7.63. The molecule has 0 aliphatic heterocycles. The maximum absolute atomic E-state index is 11.7. The number of fused-ring (bicyclic) bond motifs is 1. The molecule has 0 atom stereocenters. The molecule has 0 saturated heterocycles. The molecule has 1 aromatic heterocycles. The minimum absolute atomic E-state index is 0.0596. The van der Waals surface area contributed by atoms with Crippen LogP contribution in [0.3, 0.4) is 0 Å². The Bertz CT molecular complexity index is 545. The third kappa shape index (κ3) is 1.84. The van der Waals surface area contributed by atoms with Crippen LogP contribution in [0.4, 0.5) is 0 Å². The normalized spacial score (nSPS) is 10.9. The summed E-state index contributed by atoms with van der Waals surface area (Å²) in [6.07, 6.45) is 2.21. The number of carbonyl (C=O) groups excluding carboxylic acids is 1. The highest BCUT2D eigenvalue weighted by Crippen LogP contribution is 2.26. The van der Waals surface area contributed by atoms with Crippen molar-refractivity contribution in [3.05, 3.63) is 35.0 Å². The number of halogens is 1. The van der Waals surface area contributed by atoms with Gasteiger partial charge in [-0.05, 0) is 24.7 Å². The van der Waals surface area contributed by atoms with Crippen LogP contribution in [0.25, 0.3) is 10.9 Å². The fourth-order valence-electron chi connectivity index (χ4n) is 1.79. The summed E-state index contributed by atoms with van der Waals surface area (Å²) in [6.45, 7) is 0.374. The molecule has 0 radical (unpaired) electrons. The molecule has 0 saturated carbocycles. The van der Waals surface area contributed by atoms with Crippen LogP contribution < -0.4 is 5.73 Å². The van der Waals surface area contributed by atoms with Crippen LogP contribution in [-0.4, -0.2) is 16.9 Å². The molecule has 0 aliphatic carbocycles. The molecule has 1 heterocycles. The molecular formula is C12H13ClN2O. The Labute approximate surface area is 98.8 Å². The van der Waals surface area contributed by atoms with Crippen LogP contribution in [-0.2, 0) is 7.05 Å². The van der Waals surface area contributed by atoms with E-state index in [9.17, 15) is 4.79 Å². The third-order valence-electron chi connectivity index (χ3n) is 2.63. The van der Waals surface area contributed by atoms with Crippen molar-refractivity contribution >= 4 is 28.3 Å². The summed E-state index contributed by atoms with van der Waals surface area (Å²) in [4.78, 5) is 11.7. The average molecular weight is 237 g/mol. The number of rotatable bonds is 3. The van der Waals surface area contributed by atoms with E-state index in [1.54, 1.807) is 0 Å². The lowest BCUT2D eigenvalue weighted by atomic mass is 10.1. The molecule has 1 aromatic carbocycles. The average Bonchev–Trinajstić information content (AvgIpc) is 2.55. The Hall–Kier alpha value is -1.32. The van der Waals surface area contributed by atoms with Gasteiger partial charge in [-0.2, -0.15) is 0 Å². The summed E-state index contributed by atoms with van der Waals surface area (Å²) < 4.78 is 1.94. The number of hydrogen-bond acceptors (Lipinski definition) is 2. The zero-order valence-electron chi connectivity index (χ0n) is 9.03. The van der Waals surface area contributed by atoms with Gasteiger partial charge in [0.1, 0.15) is 0 Å². The maximum Gasteiger partial charge on any atom is 0.164 e. The van der Waals surface area contributed by atoms with Crippen molar-refractivity contribution in [3.8, 4) is 0 Å². The molecule has 84 valence electrons. The first kappa shape index (κ1) is 11.2. The van der Waals surface area contributed by atoms with Gasteiger partial charge in [0, 0.05) is 36.1 Å². The lowest BCUT2D eigenvalue weighted by molar-refractivity contribution is 0.0985. The summed E-state index contributed by atoms with van der Waals surface area (Å²) in [6, 6.07) is 5.55. The van der Waals surface area contributed by atoms with Crippen LogP contribution in [0.2, 0.25) is 5.02 Å². The molecule has 0 unspecified atom stereocenters. The minimum atomic E-state index is 0.0596. The Balaban J connectivity index is 2.51. The largest absolute Gasteiger partial charge is 0.349 e. The van der Waals surface area contributed by atoms with Crippen LogP contribution in [0.1, 0.15) is 16.8 Å². The summed E-state index contributed by atoms with van der Waals surface area (Å²) >= 11 is 6.07. The number of carbonyl (C=O) groups is 1. The van der Waals surface area contributed by atoms with E-state index in [1.807, 2.05) is 36.0 Å². The quantitative estimate of drug-likeness (QED) is 0.832. The topological polar surface area (TPSA) is 48.0 Å². The highest BCUT2D eigenvalue weighted by Gasteiger charge is 2.09. The number of hydrogen-bond donors (Lipinski definition) is 1. The predicted molar refractivity (Wildman–Crippen MR) is 65.9 cm³/mol. The fraction of sp³-hybridized carbons (Fsp3) is 0.250. The molecule has 0 spiro atoms. The second-order valence-corrected chi connectivity index (χ2v) is 4.19. The van der Waals surface area contributed by atoms with E-state index < -0.39 is 0 Å². The minimum Gasteiger partial charge on any atom is -0.349 e. The molecule has 0 aliphatic rings. The number of nitrogens with zero attached hydrogens (tertiary/aromatic N) is 1. The number of ketones is 1. The Kier molecular flexibility index (Phi) is 2.99.